The van der Waals surface area contributed by atoms with Gasteiger partial charge in [0.2, 0.25) is 5.91 Å². The van der Waals surface area contributed by atoms with E-state index in [9.17, 15) is 19.8 Å². The van der Waals surface area contributed by atoms with Crippen LogP contribution in [0.4, 0.5) is 0 Å². The first-order valence-electron chi connectivity index (χ1n) is 6.77. The Hall–Kier alpha value is -2.57. The zero-order chi connectivity index (χ0) is 16.8. The normalized spacial score (nSPS) is 10.3. The van der Waals surface area contributed by atoms with Crippen molar-refractivity contribution in [3.05, 3.63) is 58.6 Å². The maximum Gasteiger partial charge on any atom is 0.238 e. The molecule has 0 aliphatic heterocycles. The summed E-state index contributed by atoms with van der Waals surface area (Å²) in [6.45, 7) is -0.143. The van der Waals surface area contributed by atoms with Gasteiger partial charge >= 0.3 is 0 Å². The van der Waals surface area contributed by atoms with Crippen LogP contribution >= 0.6 is 11.6 Å². The van der Waals surface area contributed by atoms with Gasteiger partial charge in [0.1, 0.15) is 11.5 Å². The largest absolute Gasteiger partial charge is 0.508 e. The summed E-state index contributed by atoms with van der Waals surface area (Å²) < 4.78 is 0. The molecule has 2 rings (SSSR count). The molecule has 120 valence electrons. The maximum atomic E-state index is 11.9. The summed E-state index contributed by atoms with van der Waals surface area (Å²) in [6, 6.07) is 10.4. The number of hydrogen-bond acceptors (Lipinski definition) is 5. The Morgan fingerprint density at radius 3 is 2.48 bits per heavy atom. The van der Waals surface area contributed by atoms with Gasteiger partial charge in [0.15, 0.2) is 5.78 Å². The lowest BCUT2D eigenvalue weighted by molar-refractivity contribution is -0.121. The van der Waals surface area contributed by atoms with E-state index in [0.29, 0.717) is 5.56 Å². The Labute approximate surface area is 137 Å². The van der Waals surface area contributed by atoms with Gasteiger partial charge in [-0.1, -0.05) is 23.7 Å². The Kier molecular flexibility index (Phi) is 5.56. The summed E-state index contributed by atoms with van der Waals surface area (Å²) >= 11 is 5.87. The second-order valence-electron chi connectivity index (χ2n) is 4.84. The van der Waals surface area contributed by atoms with E-state index in [-0.39, 0.29) is 46.7 Å². The van der Waals surface area contributed by atoms with Crippen LogP contribution in [0.15, 0.2) is 42.5 Å². The lowest BCUT2D eigenvalue weighted by Crippen LogP contribution is -2.41. The first kappa shape index (κ1) is 16.8. The zero-order valence-corrected chi connectivity index (χ0v) is 12.8. The highest BCUT2D eigenvalue weighted by Crippen LogP contribution is 2.21. The minimum absolute atomic E-state index is 0.0288. The van der Waals surface area contributed by atoms with E-state index < -0.39 is 0 Å². The van der Waals surface area contributed by atoms with Crippen molar-refractivity contribution in [1.29, 1.82) is 0 Å². The lowest BCUT2D eigenvalue weighted by atomic mass is 10.1. The van der Waals surface area contributed by atoms with E-state index in [1.165, 1.54) is 30.3 Å². The number of benzene rings is 2. The van der Waals surface area contributed by atoms with Gasteiger partial charge in [-0.2, -0.15) is 0 Å². The van der Waals surface area contributed by atoms with Gasteiger partial charge in [0, 0.05) is 5.56 Å². The highest BCUT2D eigenvalue weighted by atomic mass is 35.5. The Morgan fingerprint density at radius 2 is 1.78 bits per heavy atom. The predicted molar refractivity (Wildman–Crippen MR) is 85.4 cm³/mol. The number of rotatable bonds is 6. The van der Waals surface area contributed by atoms with Crippen LogP contribution in [0.2, 0.25) is 5.02 Å². The molecule has 0 saturated heterocycles. The van der Waals surface area contributed by atoms with Gasteiger partial charge < -0.3 is 10.2 Å². The van der Waals surface area contributed by atoms with Crippen LogP contribution in [0.3, 0.4) is 0 Å². The van der Waals surface area contributed by atoms with Crippen LogP contribution < -0.4 is 10.9 Å². The maximum absolute atomic E-state index is 11.9. The molecule has 0 radical (unpaired) electrons. The Bertz CT molecular complexity index is 734. The summed E-state index contributed by atoms with van der Waals surface area (Å²) in [7, 11) is 0. The molecule has 0 spiro atoms. The van der Waals surface area contributed by atoms with Crippen molar-refractivity contribution in [2.45, 2.75) is 6.42 Å². The van der Waals surface area contributed by atoms with Crippen LogP contribution in [0, 0.1) is 0 Å². The van der Waals surface area contributed by atoms with Crippen LogP contribution in [-0.2, 0) is 11.2 Å². The fraction of sp³-hybridized carbons (Fsp3) is 0.125. The first-order chi connectivity index (χ1) is 11.0. The molecule has 0 atom stereocenters. The number of nitrogens with one attached hydrogen (secondary N) is 2. The third-order valence-corrected chi connectivity index (χ3v) is 3.32. The Morgan fingerprint density at radius 1 is 1.04 bits per heavy atom. The minimum atomic E-state index is -0.347. The molecule has 0 fully saturated rings. The standard InChI is InChI=1S/C16H15ClN2O4/c17-14-8-12(21)4-5-13(14)15(22)9-18-19-16(23)7-10-2-1-3-11(20)6-10/h1-6,8,18,20-21H,7,9H2,(H,19,23). The SMILES string of the molecule is O=C(Cc1cccc(O)c1)NNCC(=O)c1ccc(O)cc1Cl. The van der Waals surface area contributed by atoms with Crippen molar-refractivity contribution >= 4 is 23.3 Å². The topological polar surface area (TPSA) is 98.7 Å². The molecule has 6 nitrogen and oxygen atoms in total. The van der Waals surface area contributed by atoms with E-state index in [0.717, 1.165) is 0 Å². The number of Topliss-reactive ketones (excluding diaryl/α,β-unsaturated/α-hetero) is 1. The van der Waals surface area contributed by atoms with Gasteiger partial charge in [-0.25, -0.2) is 5.43 Å². The van der Waals surface area contributed by atoms with Crippen molar-refractivity contribution in [2.75, 3.05) is 6.54 Å². The molecule has 0 aromatic heterocycles. The number of amides is 1. The average Bonchev–Trinajstić information content (AvgIpc) is 2.47. The van der Waals surface area contributed by atoms with Crippen LogP contribution in [0.25, 0.3) is 0 Å². The monoisotopic (exact) mass is 334 g/mol. The van der Waals surface area contributed by atoms with Crippen molar-refractivity contribution in [2.24, 2.45) is 0 Å². The van der Waals surface area contributed by atoms with E-state index in [1.807, 2.05) is 0 Å². The molecule has 2 aromatic carbocycles. The highest BCUT2D eigenvalue weighted by molar-refractivity contribution is 6.34. The third kappa shape index (κ3) is 4.98. The van der Waals surface area contributed by atoms with Crippen LogP contribution in [0.5, 0.6) is 11.5 Å². The molecule has 0 bridgehead atoms. The highest BCUT2D eigenvalue weighted by Gasteiger charge is 2.11. The molecule has 0 aliphatic rings. The average molecular weight is 335 g/mol. The Balaban J connectivity index is 1.82. The smallest absolute Gasteiger partial charge is 0.238 e. The number of phenolic OH excluding ortho intramolecular Hbond substituents is 2. The molecule has 7 heteroatoms. The van der Waals surface area contributed by atoms with Crippen molar-refractivity contribution in [3.8, 4) is 11.5 Å². The molecule has 0 unspecified atom stereocenters. The number of hydrazine groups is 1. The summed E-state index contributed by atoms with van der Waals surface area (Å²) in [5, 5.41) is 18.7. The summed E-state index contributed by atoms with van der Waals surface area (Å²) in [6.07, 6.45) is 0.0650. The number of halogens is 1. The van der Waals surface area contributed by atoms with E-state index in [1.54, 1.807) is 12.1 Å². The molecule has 0 saturated carbocycles. The van der Waals surface area contributed by atoms with Gasteiger partial charge in [0.25, 0.3) is 0 Å². The molecular formula is C16H15ClN2O4. The number of ketones is 1. The molecule has 0 aliphatic carbocycles. The van der Waals surface area contributed by atoms with Crippen LogP contribution in [0.1, 0.15) is 15.9 Å². The fourth-order valence-corrected chi connectivity index (χ4v) is 2.22. The number of carbonyl (C=O) groups is 2. The van der Waals surface area contributed by atoms with Crippen molar-refractivity contribution < 1.29 is 19.8 Å². The van der Waals surface area contributed by atoms with Crippen molar-refractivity contribution in [1.82, 2.24) is 10.9 Å². The van der Waals surface area contributed by atoms with E-state index >= 15 is 0 Å². The molecule has 0 heterocycles. The molecular weight excluding hydrogens is 320 g/mol. The lowest BCUT2D eigenvalue weighted by Gasteiger charge is -2.08. The van der Waals surface area contributed by atoms with Crippen molar-refractivity contribution in [3.63, 3.8) is 0 Å². The minimum Gasteiger partial charge on any atom is -0.508 e. The zero-order valence-electron chi connectivity index (χ0n) is 12.0. The van der Waals surface area contributed by atoms with Gasteiger partial charge in [-0.15, -0.1) is 0 Å². The molecule has 1 amide bonds. The fourth-order valence-electron chi connectivity index (χ4n) is 1.94. The quantitative estimate of drug-likeness (QED) is 0.477. The second-order valence-corrected chi connectivity index (χ2v) is 5.24. The summed E-state index contributed by atoms with van der Waals surface area (Å²) in [5.74, 6) is -0.618. The van der Waals surface area contributed by atoms with E-state index in [4.69, 9.17) is 11.6 Å². The van der Waals surface area contributed by atoms with Crippen LogP contribution in [-0.4, -0.2) is 28.4 Å². The molecule has 4 N–H and O–H groups in total. The summed E-state index contributed by atoms with van der Waals surface area (Å²) in [5.41, 5.74) is 5.83. The molecule has 2 aromatic rings. The number of hydrogen-bond donors (Lipinski definition) is 4. The summed E-state index contributed by atoms with van der Waals surface area (Å²) in [4.78, 5) is 23.7. The van der Waals surface area contributed by atoms with Gasteiger partial charge in [0.05, 0.1) is 18.0 Å². The number of carbonyl (C=O) groups excluding carboxylic acids is 2. The van der Waals surface area contributed by atoms with Gasteiger partial charge in [-0.3, -0.25) is 15.0 Å². The first-order valence-corrected chi connectivity index (χ1v) is 7.15. The predicted octanol–water partition coefficient (Wildman–Crippen LogP) is 1.80. The third-order valence-electron chi connectivity index (χ3n) is 3.01. The van der Waals surface area contributed by atoms with Gasteiger partial charge in [-0.05, 0) is 35.9 Å². The molecule has 23 heavy (non-hydrogen) atoms. The number of aromatic hydroxyl groups is 2. The number of phenols is 2. The second kappa shape index (κ2) is 7.62. The van der Waals surface area contributed by atoms with E-state index in [2.05, 4.69) is 10.9 Å².